The average Bonchev–Trinajstić information content (AvgIpc) is 3.51. The summed E-state index contributed by atoms with van der Waals surface area (Å²) >= 11 is 7.46. The zero-order chi connectivity index (χ0) is 31.8. The number of ketones is 1. The highest BCUT2D eigenvalue weighted by Gasteiger charge is 2.32. The number of hydrogen-bond acceptors (Lipinski definition) is 9. The van der Waals surface area contributed by atoms with E-state index in [0.717, 1.165) is 36.5 Å². The van der Waals surface area contributed by atoms with Gasteiger partial charge < -0.3 is 15.3 Å². The van der Waals surface area contributed by atoms with Crippen molar-refractivity contribution in [2.45, 2.75) is 33.1 Å². The molecule has 0 radical (unpaired) electrons. The number of carbonyl (C=O) groups excluding carboxylic acids is 2. The zero-order valence-corrected chi connectivity index (χ0v) is 25.4. The quantitative estimate of drug-likeness (QED) is 0.0956. The van der Waals surface area contributed by atoms with E-state index in [1.54, 1.807) is 36.4 Å². The molecule has 0 saturated carbocycles. The largest absolute Gasteiger partial charge is 0.481 e. The highest BCUT2D eigenvalue weighted by molar-refractivity contribution is 7.16. The second kappa shape index (κ2) is 14.3. The molecule has 0 saturated heterocycles. The number of azo groups is 1. The molecule has 1 heterocycles. The number of nitrogens with one attached hydrogen (secondary N) is 1. The molecule has 1 aliphatic rings. The summed E-state index contributed by atoms with van der Waals surface area (Å²) in [5.74, 6) is -1.90. The maximum Gasteiger partial charge on any atom is 0.303 e. The molecule has 44 heavy (non-hydrogen) atoms. The molecule has 0 spiro atoms. The van der Waals surface area contributed by atoms with Gasteiger partial charge >= 0.3 is 5.97 Å². The predicted octanol–water partition coefficient (Wildman–Crippen LogP) is 7.69. The lowest BCUT2D eigenvalue weighted by atomic mass is 10.0. The van der Waals surface area contributed by atoms with Gasteiger partial charge in [-0.25, -0.2) is 15.1 Å². The number of aromatic nitrogens is 1. The van der Waals surface area contributed by atoms with Crippen LogP contribution in [0.5, 0.6) is 0 Å². The van der Waals surface area contributed by atoms with Gasteiger partial charge in [0.1, 0.15) is 10.8 Å². The number of carbonyl (C=O) groups is 3. The van der Waals surface area contributed by atoms with Gasteiger partial charge in [-0.05, 0) is 43.2 Å². The van der Waals surface area contributed by atoms with Crippen molar-refractivity contribution >= 4 is 74.4 Å². The number of nitrogens with zero attached hydrogens (tertiary/aromatic N) is 6. The number of thiazole rings is 1. The summed E-state index contributed by atoms with van der Waals surface area (Å²) in [6.45, 7) is 13.1. The zero-order valence-electron chi connectivity index (χ0n) is 23.8. The van der Waals surface area contributed by atoms with Gasteiger partial charge in [0, 0.05) is 41.9 Å². The molecule has 2 aromatic carbocycles. The van der Waals surface area contributed by atoms with Crippen LogP contribution in [0.4, 0.5) is 22.2 Å². The van der Waals surface area contributed by atoms with Crippen LogP contribution in [0.2, 0.25) is 5.15 Å². The summed E-state index contributed by atoms with van der Waals surface area (Å²) < 4.78 is 0. The van der Waals surface area contributed by atoms with E-state index in [9.17, 15) is 19.6 Å². The smallest absolute Gasteiger partial charge is 0.303 e. The molecular formula is C31H26ClN7O4S. The van der Waals surface area contributed by atoms with Crippen LogP contribution in [0, 0.1) is 17.9 Å². The van der Waals surface area contributed by atoms with E-state index in [0.29, 0.717) is 27.4 Å². The molecule has 2 N–H and O–H groups in total. The van der Waals surface area contributed by atoms with Crippen LogP contribution in [-0.4, -0.2) is 40.8 Å². The van der Waals surface area contributed by atoms with E-state index in [-0.39, 0.29) is 45.8 Å². The molecule has 1 aromatic heterocycles. The molecule has 0 fully saturated rings. The van der Waals surface area contributed by atoms with Gasteiger partial charge in [0.05, 0.1) is 29.6 Å². The Balaban J connectivity index is 1.69. The lowest BCUT2D eigenvalue weighted by Crippen LogP contribution is -2.23. The number of carboxylic acids is 1. The van der Waals surface area contributed by atoms with Gasteiger partial charge in [0.15, 0.2) is 5.78 Å². The highest BCUT2D eigenvalue weighted by atomic mass is 35.5. The third-order valence-corrected chi connectivity index (χ3v) is 7.87. The monoisotopic (exact) mass is 627 g/mol. The van der Waals surface area contributed by atoms with Crippen molar-refractivity contribution in [2.24, 2.45) is 10.2 Å². The number of anilines is 2. The molecule has 0 unspecified atom stereocenters. The molecule has 1 amide bonds. The molecule has 0 atom stereocenters. The Kier molecular flexibility index (Phi) is 10.3. The Labute approximate surface area is 262 Å². The molecule has 4 rings (SSSR count). The average molecular weight is 628 g/mol. The van der Waals surface area contributed by atoms with Gasteiger partial charge in [-0.3, -0.25) is 14.4 Å². The van der Waals surface area contributed by atoms with Crippen LogP contribution in [0.3, 0.4) is 0 Å². The minimum atomic E-state index is -1.08. The fourth-order valence-electron chi connectivity index (χ4n) is 4.58. The number of fused-ring (bicyclic) bond motifs is 1. The normalized spacial score (nSPS) is 14.3. The van der Waals surface area contributed by atoms with Crippen molar-refractivity contribution in [3.63, 3.8) is 0 Å². The minimum absolute atomic E-state index is 0.0524. The summed E-state index contributed by atoms with van der Waals surface area (Å²) in [5, 5.41) is 30.0. The summed E-state index contributed by atoms with van der Waals surface area (Å²) in [6.07, 6.45) is 1.90. The maximum absolute atomic E-state index is 13.2. The Hall–Kier alpha value is -5.17. The predicted molar refractivity (Wildman–Crippen MR) is 169 cm³/mol. The second-order valence-electron chi connectivity index (χ2n) is 9.45. The van der Waals surface area contributed by atoms with Crippen LogP contribution in [0.1, 0.15) is 53.9 Å². The first kappa shape index (κ1) is 31.8. The first-order valence-corrected chi connectivity index (χ1v) is 14.8. The van der Waals surface area contributed by atoms with Gasteiger partial charge in [-0.2, -0.15) is 0 Å². The number of allylic oxidation sites excluding steroid dienone is 3. The van der Waals surface area contributed by atoms with E-state index < -0.39 is 11.9 Å². The van der Waals surface area contributed by atoms with E-state index in [2.05, 4.69) is 37.2 Å². The van der Waals surface area contributed by atoms with E-state index in [1.807, 2.05) is 19.1 Å². The molecule has 3 aromatic rings. The fraction of sp³-hybridized carbons (Fsp3) is 0.226. The number of carboxylic acid groups (broad SMARTS) is 1. The highest BCUT2D eigenvalue weighted by Crippen LogP contribution is 2.42. The Bertz CT molecular complexity index is 1800. The number of Topliss-reactive ketones (excluding diaryl/α,β-unsaturated/α-hetero) is 1. The van der Waals surface area contributed by atoms with Gasteiger partial charge in [0.2, 0.25) is 11.0 Å². The number of hydrogen-bond donors (Lipinski definition) is 2. The molecule has 11 nitrogen and oxygen atoms in total. The Morgan fingerprint density at radius 3 is 2.61 bits per heavy atom. The number of amides is 1. The summed E-state index contributed by atoms with van der Waals surface area (Å²) in [4.78, 5) is 46.7. The summed E-state index contributed by atoms with van der Waals surface area (Å²) in [7, 11) is 0. The molecule has 1 aliphatic carbocycles. The summed E-state index contributed by atoms with van der Waals surface area (Å²) in [5.41, 5.74) is 2.59. The van der Waals surface area contributed by atoms with Crippen molar-refractivity contribution in [1.82, 2.24) is 4.98 Å². The van der Waals surface area contributed by atoms with Crippen molar-refractivity contribution < 1.29 is 19.5 Å². The summed E-state index contributed by atoms with van der Waals surface area (Å²) in [6, 6.07) is 13.9. The molecule has 222 valence electrons. The molecule has 0 aliphatic heterocycles. The van der Waals surface area contributed by atoms with Crippen LogP contribution >= 0.6 is 22.9 Å². The van der Waals surface area contributed by atoms with E-state index >= 15 is 0 Å². The number of halogens is 1. The standard InChI is InChI=1S/C31H26ClN7O4S/c1-4-14-39(5-2)18-10-11-22(23(15-18)35-26(40)12-13-27(41)42)37-38-31-36-30(32)25(44-31)16-21-28(24(17-33)34-3)19-8-6-7-9-20(19)29(21)43/h6-11,15-16H,4-5,12-14H2,1-2H3,(H,35,40)(H,41,42)/b21-16-,28-24+,38-37?. The molecule has 13 heteroatoms. The van der Waals surface area contributed by atoms with Gasteiger partial charge in [-0.1, -0.05) is 54.1 Å². The van der Waals surface area contributed by atoms with Crippen molar-refractivity contribution in [2.75, 3.05) is 23.3 Å². The van der Waals surface area contributed by atoms with Crippen molar-refractivity contribution in [3.05, 3.63) is 86.3 Å². The van der Waals surface area contributed by atoms with Crippen LogP contribution < -0.4 is 10.2 Å². The minimum Gasteiger partial charge on any atom is -0.481 e. The topological polar surface area (TPSA) is 152 Å². The van der Waals surface area contributed by atoms with Crippen LogP contribution in [0.25, 0.3) is 16.5 Å². The fourth-order valence-corrected chi connectivity index (χ4v) is 5.60. The number of aliphatic carboxylic acids is 1. The van der Waals surface area contributed by atoms with E-state index in [4.69, 9.17) is 23.3 Å². The number of nitriles is 1. The lowest BCUT2D eigenvalue weighted by Gasteiger charge is -2.23. The maximum atomic E-state index is 13.2. The Morgan fingerprint density at radius 1 is 1.20 bits per heavy atom. The van der Waals surface area contributed by atoms with Gasteiger partial charge in [-0.15, -0.1) is 10.2 Å². The third-order valence-electron chi connectivity index (χ3n) is 6.59. The molecule has 0 bridgehead atoms. The van der Waals surface area contributed by atoms with E-state index in [1.165, 1.54) is 6.08 Å². The first-order valence-electron chi connectivity index (χ1n) is 13.6. The van der Waals surface area contributed by atoms with Crippen LogP contribution in [-0.2, 0) is 9.59 Å². The lowest BCUT2D eigenvalue weighted by molar-refractivity contribution is -0.138. The third kappa shape index (κ3) is 7.06. The van der Waals surface area contributed by atoms with Crippen LogP contribution in [0.15, 0.2) is 64.0 Å². The molecular weight excluding hydrogens is 602 g/mol. The van der Waals surface area contributed by atoms with Gasteiger partial charge in [0.25, 0.3) is 5.70 Å². The SMILES string of the molecule is [C-]#[N+]/C(C#N)=C1/C(=C/c2sc(N=Nc3ccc(N(CC)CCC)cc3NC(=O)CCC(=O)O)nc2Cl)C(=O)c2ccccc21. The number of rotatable bonds is 11. The van der Waals surface area contributed by atoms with Crippen molar-refractivity contribution in [3.8, 4) is 6.07 Å². The first-order chi connectivity index (χ1) is 21.2. The Morgan fingerprint density at radius 2 is 1.95 bits per heavy atom. The number of benzene rings is 2. The second-order valence-corrected chi connectivity index (χ2v) is 10.8. The van der Waals surface area contributed by atoms with Crippen molar-refractivity contribution in [1.29, 1.82) is 5.26 Å².